The van der Waals surface area contributed by atoms with E-state index in [4.69, 9.17) is 16.3 Å². The third-order valence-electron chi connectivity index (χ3n) is 3.46. The first-order valence-corrected chi connectivity index (χ1v) is 7.03. The average Bonchev–Trinajstić information content (AvgIpc) is 2.52. The predicted octanol–water partition coefficient (Wildman–Crippen LogP) is 3.02. The van der Waals surface area contributed by atoms with Gasteiger partial charge in [-0.15, -0.1) is 0 Å². The number of hydrogen-bond donors (Lipinski definition) is 0. The van der Waals surface area contributed by atoms with E-state index in [0.717, 1.165) is 0 Å². The number of fused-ring (bicyclic) bond motifs is 1. The molecule has 1 unspecified atom stereocenters. The molecule has 0 aromatic heterocycles. The number of carbonyl (C=O) groups excluding carboxylic acids is 1. The highest BCUT2D eigenvalue weighted by Gasteiger charge is 2.28. The van der Waals surface area contributed by atoms with E-state index in [-0.39, 0.29) is 23.0 Å². The van der Waals surface area contributed by atoms with Gasteiger partial charge in [-0.1, -0.05) is 23.7 Å². The normalized spacial score (nSPS) is 20.2. The zero-order valence-electron chi connectivity index (χ0n) is 11.7. The van der Waals surface area contributed by atoms with Crippen LogP contribution in [0, 0.1) is 5.82 Å². The van der Waals surface area contributed by atoms with Crippen LogP contribution in [0.15, 0.2) is 57.7 Å². The van der Waals surface area contributed by atoms with Crippen LogP contribution in [0.4, 0.5) is 4.39 Å². The first-order valence-electron chi connectivity index (χ1n) is 6.66. The Bertz CT molecular complexity index is 765. The summed E-state index contributed by atoms with van der Waals surface area (Å²) < 4.78 is 18.1. The second-order valence-corrected chi connectivity index (χ2v) is 5.24. The summed E-state index contributed by atoms with van der Waals surface area (Å²) in [7, 11) is 1.33. The molecule has 0 saturated heterocycles. The largest absolute Gasteiger partial charge is 0.466 e. The molecule has 3 rings (SSSR count). The predicted molar refractivity (Wildman–Crippen MR) is 82.8 cm³/mol. The van der Waals surface area contributed by atoms with Crippen LogP contribution in [-0.4, -0.2) is 30.0 Å². The summed E-state index contributed by atoms with van der Waals surface area (Å²) in [6.45, 7) is 0. The molecule has 0 saturated carbocycles. The van der Waals surface area contributed by atoms with E-state index < -0.39 is 0 Å². The maximum absolute atomic E-state index is 13.3. The fraction of sp³-hybridized carbons (Fsp3) is 0.188. The molecule has 2 aliphatic rings. The second kappa shape index (κ2) is 5.85. The molecule has 22 heavy (non-hydrogen) atoms. The van der Waals surface area contributed by atoms with E-state index in [0.29, 0.717) is 29.0 Å². The zero-order chi connectivity index (χ0) is 15.7. The SMILES string of the molecule is COC(=O)C1=CC=C2N=C(c3cccc(F)c3)C(Cl)=NC2C1. The average molecular weight is 319 g/mol. The summed E-state index contributed by atoms with van der Waals surface area (Å²) in [6, 6.07) is 5.71. The van der Waals surface area contributed by atoms with Crippen molar-refractivity contribution in [1.29, 1.82) is 0 Å². The summed E-state index contributed by atoms with van der Waals surface area (Å²) in [5, 5.41) is 0.207. The first-order chi connectivity index (χ1) is 10.6. The second-order valence-electron chi connectivity index (χ2n) is 4.89. The maximum atomic E-state index is 13.3. The number of methoxy groups -OCH3 is 1. The molecule has 0 radical (unpaired) electrons. The number of halogens is 2. The van der Waals surface area contributed by atoms with Crippen LogP contribution in [0.5, 0.6) is 0 Å². The minimum atomic E-state index is -0.387. The van der Waals surface area contributed by atoms with Crippen molar-refractivity contribution in [2.45, 2.75) is 12.5 Å². The van der Waals surface area contributed by atoms with Crippen LogP contribution in [0.25, 0.3) is 0 Å². The molecule has 0 N–H and O–H groups in total. The Balaban J connectivity index is 1.98. The molecule has 0 fully saturated rings. The standard InChI is InChI=1S/C16H12ClFN2O2/c1-22-16(21)10-5-6-12-13(8-10)20-15(17)14(19-12)9-3-2-4-11(18)7-9/h2-7,13H,8H2,1H3. The van der Waals surface area contributed by atoms with Crippen molar-refractivity contribution in [2.24, 2.45) is 9.98 Å². The molecule has 0 spiro atoms. The Labute approximate surface area is 131 Å². The van der Waals surface area contributed by atoms with Crippen LogP contribution in [0.2, 0.25) is 0 Å². The number of rotatable bonds is 2. The maximum Gasteiger partial charge on any atom is 0.333 e. The first kappa shape index (κ1) is 14.7. The van der Waals surface area contributed by atoms with Crippen LogP contribution >= 0.6 is 11.6 Å². The fourth-order valence-corrected chi connectivity index (χ4v) is 2.65. The van der Waals surface area contributed by atoms with E-state index in [1.165, 1.54) is 19.2 Å². The lowest BCUT2D eigenvalue weighted by atomic mass is 9.96. The van der Waals surface area contributed by atoms with Crippen LogP contribution in [-0.2, 0) is 9.53 Å². The molecular formula is C16H12ClFN2O2. The highest BCUT2D eigenvalue weighted by Crippen LogP contribution is 2.28. The van der Waals surface area contributed by atoms with E-state index in [9.17, 15) is 9.18 Å². The Morgan fingerprint density at radius 1 is 1.41 bits per heavy atom. The summed E-state index contributed by atoms with van der Waals surface area (Å²) in [6.07, 6.45) is 3.76. The molecule has 1 heterocycles. The van der Waals surface area contributed by atoms with E-state index in [1.807, 2.05) is 0 Å². The van der Waals surface area contributed by atoms with Gasteiger partial charge in [0.25, 0.3) is 0 Å². The van der Waals surface area contributed by atoms with Crippen molar-refractivity contribution in [3.05, 3.63) is 59.1 Å². The lowest BCUT2D eigenvalue weighted by Crippen LogP contribution is -2.25. The fourth-order valence-electron chi connectivity index (χ4n) is 2.38. The van der Waals surface area contributed by atoms with E-state index in [2.05, 4.69) is 9.98 Å². The topological polar surface area (TPSA) is 51.0 Å². The quantitative estimate of drug-likeness (QED) is 0.787. The van der Waals surface area contributed by atoms with Crippen molar-refractivity contribution in [1.82, 2.24) is 0 Å². The molecular weight excluding hydrogens is 307 g/mol. The van der Waals surface area contributed by atoms with Crippen molar-refractivity contribution in [2.75, 3.05) is 7.11 Å². The Kier molecular flexibility index (Phi) is 3.90. The molecule has 1 aliphatic carbocycles. The molecule has 0 bridgehead atoms. The molecule has 1 atom stereocenters. The van der Waals surface area contributed by atoms with Gasteiger partial charge in [-0.25, -0.2) is 14.2 Å². The van der Waals surface area contributed by atoms with Gasteiger partial charge in [0.05, 0.1) is 18.8 Å². The monoisotopic (exact) mass is 318 g/mol. The van der Waals surface area contributed by atoms with Crippen LogP contribution < -0.4 is 0 Å². The van der Waals surface area contributed by atoms with Gasteiger partial charge in [-0.05, 0) is 24.3 Å². The number of nitrogens with zero attached hydrogens (tertiary/aromatic N) is 2. The number of benzene rings is 1. The highest BCUT2D eigenvalue weighted by atomic mass is 35.5. The Morgan fingerprint density at radius 2 is 2.23 bits per heavy atom. The Morgan fingerprint density at radius 3 is 2.95 bits per heavy atom. The molecule has 1 aromatic rings. The summed E-state index contributed by atoms with van der Waals surface area (Å²) in [5.41, 5.74) is 2.21. The molecule has 1 aromatic carbocycles. The van der Waals surface area contributed by atoms with Crippen molar-refractivity contribution < 1.29 is 13.9 Å². The van der Waals surface area contributed by atoms with Gasteiger partial charge in [0.2, 0.25) is 0 Å². The number of aliphatic imine (C=N–C) groups is 2. The number of carbonyl (C=O) groups is 1. The Hall–Kier alpha value is -2.27. The minimum Gasteiger partial charge on any atom is -0.466 e. The smallest absolute Gasteiger partial charge is 0.333 e. The lowest BCUT2D eigenvalue weighted by molar-refractivity contribution is -0.136. The van der Waals surface area contributed by atoms with Crippen LogP contribution in [0.3, 0.4) is 0 Å². The van der Waals surface area contributed by atoms with Gasteiger partial charge in [0.15, 0.2) is 5.17 Å². The summed E-state index contributed by atoms with van der Waals surface area (Å²) in [4.78, 5) is 20.4. The summed E-state index contributed by atoms with van der Waals surface area (Å²) in [5.74, 6) is -0.751. The number of ether oxygens (including phenoxy) is 1. The number of hydrogen-bond acceptors (Lipinski definition) is 4. The van der Waals surface area contributed by atoms with E-state index in [1.54, 1.807) is 24.3 Å². The van der Waals surface area contributed by atoms with Gasteiger partial charge in [0, 0.05) is 17.6 Å². The third-order valence-corrected chi connectivity index (χ3v) is 3.74. The van der Waals surface area contributed by atoms with Crippen molar-refractivity contribution in [3.63, 3.8) is 0 Å². The van der Waals surface area contributed by atoms with Gasteiger partial charge in [0.1, 0.15) is 11.5 Å². The molecule has 6 heteroatoms. The highest BCUT2D eigenvalue weighted by molar-refractivity contribution is 6.86. The zero-order valence-corrected chi connectivity index (χ0v) is 12.5. The van der Waals surface area contributed by atoms with Gasteiger partial charge >= 0.3 is 5.97 Å². The molecule has 1 aliphatic heterocycles. The van der Waals surface area contributed by atoms with Crippen molar-refractivity contribution in [3.8, 4) is 0 Å². The van der Waals surface area contributed by atoms with Crippen LogP contribution in [0.1, 0.15) is 12.0 Å². The van der Waals surface area contributed by atoms with Gasteiger partial charge in [-0.3, -0.25) is 4.99 Å². The lowest BCUT2D eigenvalue weighted by Gasteiger charge is -2.23. The van der Waals surface area contributed by atoms with E-state index >= 15 is 0 Å². The third kappa shape index (κ3) is 2.72. The molecule has 112 valence electrons. The number of allylic oxidation sites excluding steroid dienone is 2. The summed E-state index contributed by atoms with van der Waals surface area (Å²) >= 11 is 6.18. The van der Waals surface area contributed by atoms with Crippen molar-refractivity contribution >= 4 is 28.5 Å². The number of esters is 1. The minimum absolute atomic E-state index is 0.207. The van der Waals surface area contributed by atoms with Gasteiger partial charge < -0.3 is 4.74 Å². The molecule has 0 amide bonds. The van der Waals surface area contributed by atoms with Gasteiger partial charge in [-0.2, -0.15) is 0 Å². The molecule has 4 nitrogen and oxygen atoms in total.